The smallest absolute Gasteiger partial charge is 0.269 e. The van der Waals surface area contributed by atoms with E-state index in [4.69, 9.17) is 0 Å². The molecule has 0 aliphatic carbocycles. The number of rotatable bonds is 3. The quantitative estimate of drug-likeness (QED) is 0.524. The van der Waals surface area contributed by atoms with Crippen molar-refractivity contribution in [2.24, 2.45) is 4.99 Å². The second-order valence-electron chi connectivity index (χ2n) is 5.12. The summed E-state index contributed by atoms with van der Waals surface area (Å²) in [5.41, 5.74) is 2.56. The number of hydrogen-bond donors (Lipinski definition) is 1. The van der Waals surface area contributed by atoms with Crippen LogP contribution in [0.15, 0.2) is 58.4 Å². The minimum Gasteiger partial charge on any atom is -0.300 e. The summed E-state index contributed by atoms with van der Waals surface area (Å²) in [6.07, 6.45) is 1.68. The number of aryl methyl sites for hydroxylation is 1. The highest BCUT2D eigenvalue weighted by molar-refractivity contribution is 8.18. The van der Waals surface area contributed by atoms with Gasteiger partial charge in [0, 0.05) is 12.1 Å². The zero-order chi connectivity index (χ0) is 17.1. The molecule has 0 atom stereocenters. The number of hydrogen-bond acceptors (Lipinski definition) is 5. The van der Waals surface area contributed by atoms with Crippen molar-refractivity contribution in [2.75, 3.05) is 0 Å². The third kappa shape index (κ3) is 3.52. The van der Waals surface area contributed by atoms with Gasteiger partial charge in [-0.05, 0) is 54.1 Å². The fraction of sp³-hybridized carbons (Fsp3) is 0.0588. The minimum atomic E-state index is -0.457. The van der Waals surface area contributed by atoms with Crippen molar-refractivity contribution < 1.29 is 9.72 Å². The largest absolute Gasteiger partial charge is 0.300 e. The summed E-state index contributed by atoms with van der Waals surface area (Å²) < 4.78 is 0. The van der Waals surface area contributed by atoms with Gasteiger partial charge < -0.3 is 5.32 Å². The first kappa shape index (κ1) is 15.9. The van der Waals surface area contributed by atoms with E-state index in [1.54, 1.807) is 18.2 Å². The first-order chi connectivity index (χ1) is 11.5. The molecule has 1 amide bonds. The normalized spacial score (nSPS) is 17.3. The number of benzene rings is 2. The van der Waals surface area contributed by atoms with Crippen molar-refractivity contribution in [3.05, 3.63) is 74.7 Å². The van der Waals surface area contributed by atoms with E-state index >= 15 is 0 Å². The van der Waals surface area contributed by atoms with Gasteiger partial charge in [-0.1, -0.05) is 18.2 Å². The average Bonchev–Trinajstić information content (AvgIpc) is 2.90. The summed E-state index contributed by atoms with van der Waals surface area (Å²) in [7, 11) is 0. The second kappa shape index (κ2) is 6.67. The summed E-state index contributed by atoms with van der Waals surface area (Å²) in [6.45, 7) is 1.95. The number of thioether (sulfide) groups is 1. The fourth-order valence-electron chi connectivity index (χ4n) is 2.12. The second-order valence-corrected chi connectivity index (χ2v) is 6.15. The molecule has 120 valence electrons. The Morgan fingerprint density at radius 1 is 1.17 bits per heavy atom. The van der Waals surface area contributed by atoms with Crippen LogP contribution in [0.1, 0.15) is 11.1 Å². The molecule has 0 aromatic heterocycles. The molecule has 2 aromatic rings. The van der Waals surface area contributed by atoms with Gasteiger partial charge in [-0.2, -0.15) is 0 Å². The van der Waals surface area contributed by atoms with Crippen molar-refractivity contribution in [1.82, 2.24) is 5.32 Å². The van der Waals surface area contributed by atoms with Crippen LogP contribution in [0.25, 0.3) is 6.08 Å². The first-order valence-electron chi connectivity index (χ1n) is 7.12. The number of nitrogens with one attached hydrogen (secondary N) is 1. The topological polar surface area (TPSA) is 84.6 Å². The Bertz CT molecular complexity index is 873. The predicted octanol–water partition coefficient (Wildman–Crippen LogP) is 3.79. The Morgan fingerprint density at radius 3 is 2.54 bits per heavy atom. The summed E-state index contributed by atoms with van der Waals surface area (Å²) >= 11 is 1.24. The molecular weight excluding hydrogens is 326 g/mol. The molecule has 7 heteroatoms. The molecule has 1 aliphatic rings. The fourth-order valence-corrected chi connectivity index (χ4v) is 2.96. The molecule has 6 nitrogen and oxygen atoms in total. The van der Waals surface area contributed by atoms with Gasteiger partial charge in [0.2, 0.25) is 0 Å². The summed E-state index contributed by atoms with van der Waals surface area (Å²) in [5, 5.41) is 13.9. The molecule has 1 saturated heterocycles. The van der Waals surface area contributed by atoms with E-state index in [0.29, 0.717) is 10.1 Å². The van der Waals surface area contributed by atoms with Crippen LogP contribution in [0, 0.1) is 17.0 Å². The molecule has 3 rings (SSSR count). The van der Waals surface area contributed by atoms with Crippen LogP contribution in [-0.2, 0) is 4.79 Å². The van der Waals surface area contributed by atoms with Crippen LogP contribution >= 0.6 is 11.8 Å². The van der Waals surface area contributed by atoms with Gasteiger partial charge in [0.1, 0.15) is 0 Å². The van der Waals surface area contributed by atoms with Gasteiger partial charge in [-0.25, -0.2) is 4.99 Å². The van der Waals surface area contributed by atoms with Crippen molar-refractivity contribution in [3.8, 4) is 0 Å². The zero-order valence-electron chi connectivity index (χ0n) is 12.7. The number of carbonyl (C=O) groups is 1. The van der Waals surface area contributed by atoms with E-state index in [0.717, 1.165) is 16.8 Å². The molecule has 0 spiro atoms. The lowest BCUT2D eigenvalue weighted by atomic mass is 10.2. The molecule has 0 radical (unpaired) electrons. The van der Waals surface area contributed by atoms with Gasteiger partial charge in [0.25, 0.3) is 11.6 Å². The van der Waals surface area contributed by atoms with Crippen LogP contribution in [0.5, 0.6) is 0 Å². The van der Waals surface area contributed by atoms with Crippen molar-refractivity contribution in [2.45, 2.75) is 6.92 Å². The lowest BCUT2D eigenvalue weighted by Crippen LogP contribution is -2.19. The number of para-hydroxylation sites is 1. The Labute approximate surface area is 142 Å². The average molecular weight is 339 g/mol. The summed E-state index contributed by atoms with van der Waals surface area (Å²) in [5.74, 6) is -0.231. The van der Waals surface area contributed by atoms with E-state index in [1.807, 2.05) is 31.2 Å². The number of carbonyl (C=O) groups excluding carboxylic acids is 1. The Balaban J connectivity index is 1.82. The Kier molecular flexibility index (Phi) is 4.43. The molecule has 0 saturated carbocycles. The Morgan fingerprint density at radius 2 is 1.88 bits per heavy atom. The summed E-state index contributed by atoms with van der Waals surface area (Å²) in [6, 6.07) is 13.7. The third-order valence-electron chi connectivity index (χ3n) is 3.39. The highest BCUT2D eigenvalue weighted by atomic mass is 32.2. The highest BCUT2D eigenvalue weighted by Crippen LogP contribution is 2.29. The third-order valence-corrected chi connectivity index (χ3v) is 4.30. The molecular formula is C17H13N3O3S. The van der Waals surface area contributed by atoms with E-state index in [-0.39, 0.29) is 11.6 Å². The molecule has 0 bridgehead atoms. The Hall–Kier alpha value is -2.93. The van der Waals surface area contributed by atoms with Gasteiger partial charge in [0.05, 0.1) is 15.5 Å². The van der Waals surface area contributed by atoms with Crippen LogP contribution in [0.4, 0.5) is 11.4 Å². The van der Waals surface area contributed by atoms with Gasteiger partial charge in [0.15, 0.2) is 5.17 Å². The number of amidine groups is 1. The van der Waals surface area contributed by atoms with E-state index in [2.05, 4.69) is 10.3 Å². The van der Waals surface area contributed by atoms with Gasteiger partial charge in [-0.3, -0.25) is 14.9 Å². The summed E-state index contributed by atoms with van der Waals surface area (Å²) in [4.78, 5) is 27.2. The van der Waals surface area contributed by atoms with E-state index < -0.39 is 4.92 Å². The first-order valence-corrected chi connectivity index (χ1v) is 7.94. The van der Waals surface area contributed by atoms with Crippen molar-refractivity contribution in [1.29, 1.82) is 0 Å². The van der Waals surface area contributed by atoms with Crippen molar-refractivity contribution in [3.63, 3.8) is 0 Å². The molecule has 1 heterocycles. The monoisotopic (exact) mass is 339 g/mol. The molecule has 0 unspecified atom stereocenters. The van der Waals surface area contributed by atoms with Crippen LogP contribution < -0.4 is 5.32 Å². The predicted molar refractivity (Wildman–Crippen MR) is 95.1 cm³/mol. The number of nitro benzene ring substituents is 1. The SMILES string of the molecule is Cc1ccccc1N=C1NC(=O)/C(=C\c2ccc([N+](=O)[O-])cc2)S1. The minimum absolute atomic E-state index is 0.0162. The van der Waals surface area contributed by atoms with Crippen LogP contribution in [0.3, 0.4) is 0 Å². The highest BCUT2D eigenvalue weighted by Gasteiger charge is 2.24. The van der Waals surface area contributed by atoms with Crippen LogP contribution in [-0.4, -0.2) is 16.0 Å². The van der Waals surface area contributed by atoms with Crippen molar-refractivity contribution >= 4 is 40.3 Å². The molecule has 1 aliphatic heterocycles. The molecule has 2 aromatic carbocycles. The zero-order valence-corrected chi connectivity index (χ0v) is 13.5. The maximum atomic E-state index is 12.1. The number of nitrogens with zero attached hydrogens (tertiary/aromatic N) is 2. The maximum Gasteiger partial charge on any atom is 0.269 e. The number of nitro groups is 1. The number of amides is 1. The molecule has 24 heavy (non-hydrogen) atoms. The standard InChI is InChI=1S/C17H13N3O3S/c1-11-4-2-3-5-14(11)18-17-19-16(21)15(24-17)10-12-6-8-13(9-7-12)20(22)23/h2-10H,1H3,(H,18,19,21)/b15-10+. The lowest BCUT2D eigenvalue weighted by molar-refractivity contribution is -0.384. The molecule has 1 fully saturated rings. The number of aliphatic imine (C=N–C) groups is 1. The van der Waals surface area contributed by atoms with Gasteiger partial charge in [-0.15, -0.1) is 0 Å². The van der Waals surface area contributed by atoms with Crippen LogP contribution in [0.2, 0.25) is 0 Å². The van der Waals surface area contributed by atoms with Gasteiger partial charge >= 0.3 is 0 Å². The van der Waals surface area contributed by atoms with E-state index in [1.165, 1.54) is 23.9 Å². The van der Waals surface area contributed by atoms with E-state index in [9.17, 15) is 14.9 Å². The maximum absolute atomic E-state index is 12.1. The number of non-ortho nitro benzene ring substituents is 1. The lowest BCUT2D eigenvalue weighted by Gasteiger charge is -1.99. The molecule has 1 N–H and O–H groups in total.